The van der Waals surface area contributed by atoms with Crippen molar-refractivity contribution >= 4 is 0 Å². The first-order valence-corrected chi connectivity index (χ1v) is 2.92. The molecule has 1 unspecified atom stereocenters. The summed E-state index contributed by atoms with van der Waals surface area (Å²) in [5.41, 5.74) is 5.38. The molecular formula is C5H9F2N3. The summed E-state index contributed by atoms with van der Waals surface area (Å²) < 4.78 is 24.0. The summed E-state index contributed by atoms with van der Waals surface area (Å²) in [5, 5.41) is 2.65. The van der Waals surface area contributed by atoms with E-state index in [9.17, 15) is 8.78 Å². The van der Waals surface area contributed by atoms with Gasteiger partial charge in [0.25, 0.3) is 6.43 Å². The average Bonchev–Trinajstić information content (AvgIpc) is 2.33. The number of hydrogen-bond acceptors (Lipinski definition) is 3. The van der Waals surface area contributed by atoms with E-state index in [1.165, 1.54) is 6.20 Å². The van der Waals surface area contributed by atoms with Crippen LogP contribution in [-0.4, -0.2) is 19.5 Å². The lowest BCUT2D eigenvalue weighted by Gasteiger charge is -2.11. The largest absolute Gasteiger partial charge is 0.389 e. The molecule has 1 heterocycles. The Balaban J connectivity index is 2.54. The van der Waals surface area contributed by atoms with E-state index in [1.54, 1.807) is 7.05 Å². The minimum atomic E-state index is -2.38. The summed E-state index contributed by atoms with van der Waals surface area (Å²) in [6, 6.07) is -0.898. The second-order valence-corrected chi connectivity index (χ2v) is 1.95. The number of rotatable bonds is 2. The summed E-state index contributed by atoms with van der Waals surface area (Å²) in [7, 11) is 1.61. The highest BCUT2D eigenvalue weighted by Crippen LogP contribution is 2.10. The molecule has 3 N–H and O–H groups in total. The van der Waals surface area contributed by atoms with Gasteiger partial charge in [0.05, 0.1) is 5.70 Å². The average molecular weight is 149 g/mol. The number of alkyl halides is 2. The summed E-state index contributed by atoms with van der Waals surface area (Å²) >= 11 is 0. The fourth-order valence-electron chi connectivity index (χ4n) is 0.803. The van der Waals surface area contributed by atoms with Crippen molar-refractivity contribution in [2.24, 2.45) is 0 Å². The molecule has 0 aromatic heterocycles. The third kappa shape index (κ3) is 1.18. The molecule has 1 aliphatic heterocycles. The van der Waals surface area contributed by atoms with Crippen molar-refractivity contribution in [1.82, 2.24) is 16.2 Å². The van der Waals surface area contributed by atoms with Gasteiger partial charge in [0.15, 0.2) is 0 Å². The second kappa shape index (κ2) is 2.83. The van der Waals surface area contributed by atoms with E-state index < -0.39 is 12.5 Å². The van der Waals surface area contributed by atoms with Crippen LogP contribution in [-0.2, 0) is 0 Å². The van der Waals surface area contributed by atoms with Crippen LogP contribution >= 0.6 is 0 Å². The summed E-state index contributed by atoms with van der Waals surface area (Å²) in [6.07, 6.45) is -0.898. The number of nitrogens with one attached hydrogen (secondary N) is 3. The first-order chi connectivity index (χ1) is 4.75. The Morgan fingerprint density at radius 3 is 2.80 bits per heavy atom. The Bertz CT molecular complexity index is 146. The number of likely N-dealkylation sites (N-methyl/N-ethyl adjacent to an activating group) is 1. The predicted molar refractivity (Wildman–Crippen MR) is 33.2 cm³/mol. The Hall–Kier alpha value is -0.840. The van der Waals surface area contributed by atoms with Crippen LogP contribution in [0.3, 0.4) is 0 Å². The number of halogens is 2. The van der Waals surface area contributed by atoms with Crippen LogP contribution in [0.25, 0.3) is 0 Å². The zero-order valence-electron chi connectivity index (χ0n) is 5.49. The van der Waals surface area contributed by atoms with Gasteiger partial charge in [-0.1, -0.05) is 0 Å². The van der Waals surface area contributed by atoms with E-state index in [4.69, 9.17) is 0 Å². The van der Waals surface area contributed by atoms with Crippen LogP contribution in [0, 0.1) is 0 Å². The van der Waals surface area contributed by atoms with Crippen LogP contribution in [0.15, 0.2) is 11.9 Å². The third-order valence-corrected chi connectivity index (χ3v) is 1.34. The third-order valence-electron chi connectivity index (χ3n) is 1.34. The smallest absolute Gasteiger partial charge is 0.261 e. The highest BCUT2D eigenvalue weighted by molar-refractivity contribution is 5.12. The molecule has 0 saturated heterocycles. The van der Waals surface area contributed by atoms with E-state index in [-0.39, 0.29) is 0 Å². The fraction of sp³-hybridized carbons (Fsp3) is 0.600. The van der Waals surface area contributed by atoms with Crippen molar-refractivity contribution in [3.8, 4) is 0 Å². The molecular weight excluding hydrogens is 140 g/mol. The Morgan fingerprint density at radius 2 is 2.40 bits per heavy atom. The standard InChI is InChI=1S/C5H9F2N3/c1-8-3-2-9-10-4(3)5(6)7/h2,4-5,8-10H,1H3. The highest BCUT2D eigenvalue weighted by atomic mass is 19.3. The first-order valence-electron chi connectivity index (χ1n) is 2.92. The maximum Gasteiger partial charge on any atom is 0.261 e. The monoisotopic (exact) mass is 149 g/mol. The minimum absolute atomic E-state index is 0.481. The molecule has 0 radical (unpaired) electrons. The van der Waals surface area contributed by atoms with Gasteiger partial charge in [-0.15, -0.1) is 0 Å². The molecule has 0 bridgehead atoms. The Morgan fingerprint density at radius 1 is 1.70 bits per heavy atom. The lowest BCUT2D eigenvalue weighted by molar-refractivity contribution is 0.112. The molecule has 0 aliphatic carbocycles. The van der Waals surface area contributed by atoms with Gasteiger partial charge in [0, 0.05) is 13.2 Å². The molecule has 0 aromatic carbocycles. The van der Waals surface area contributed by atoms with Crippen LogP contribution < -0.4 is 16.2 Å². The minimum Gasteiger partial charge on any atom is -0.389 e. The van der Waals surface area contributed by atoms with Gasteiger partial charge < -0.3 is 10.7 Å². The van der Waals surface area contributed by atoms with Crippen molar-refractivity contribution in [3.05, 3.63) is 11.9 Å². The number of hydrogen-bond donors (Lipinski definition) is 3. The SMILES string of the molecule is CNC1=CNNC1C(F)F. The quantitative estimate of drug-likeness (QED) is 0.508. The van der Waals surface area contributed by atoms with Crippen LogP contribution in [0.4, 0.5) is 8.78 Å². The topological polar surface area (TPSA) is 36.1 Å². The predicted octanol–water partition coefficient (Wildman–Crippen LogP) is -0.211. The lowest BCUT2D eigenvalue weighted by Crippen LogP contribution is -2.39. The van der Waals surface area contributed by atoms with Gasteiger partial charge in [-0.2, -0.15) is 0 Å². The molecule has 0 fully saturated rings. The molecule has 1 aliphatic rings. The molecule has 3 nitrogen and oxygen atoms in total. The molecule has 0 saturated carbocycles. The molecule has 1 atom stereocenters. The van der Waals surface area contributed by atoms with E-state index in [0.717, 1.165) is 0 Å². The second-order valence-electron chi connectivity index (χ2n) is 1.95. The lowest BCUT2D eigenvalue weighted by atomic mass is 10.2. The van der Waals surface area contributed by atoms with E-state index in [0.29, 0.717) is 5.70 Å². The van der Waals surface area contributed by atoms with E-state index in [1.807, 2.05) is 0 Å². The zero-order valence-corrected chi connectivity index (χ0v) is 5.49. The molecule has 58 valence electrons. The highest BCUT2D eigenvalue weighted by Gasteiger charge is 2.26. The maximum absolute atomic E-state index is 12.0. The van der Waals surface area contributed by atoms with Crippen molar-refractivity contribution < 1.29 is 8.78 Å². The van der Waals surface area contributed by atoms with Crippen molar-refractivity contribution in [2.45, 2.75) is 12.5 Å². The Kier molecular flexibility index (Phi) is 2.06. The molecule has 1 rings (SSSR count). The van der Waals surface area contributed by atoms with E-state index >= 15 is 0 Å². The zero-order chi connectivity index (χ0) is 7.56. The summed E-state index contributed by atoms with van der Waals surface area (Å²) in [5.74, 6) is 0. The molecule has 10 heavy (non-hydrogen) atoms. The normalized spacial score (nSPS) is 24.4. The summed E-state index contributed by atoms with van der Waals surface area (Å²) in [6.45, 7) is 0. The fourth-order valence-corrected chi connectivity index (χ4v) is 0.803. The van der Waals surface area contributed by atoms with Gasteiger partial charge in [0.2, 0.25) is 0 Å². The van der Waals surface area contributed by atoms with Crippen LogP contribution in [0.2, 0.25) is 0 Å². The Labute approximate surface area is 57.5 Å². The maximum atomic E-state index is 12.0. The molecule has 5 heteroatoms. The molecule has 0 amide bonds. The first kappa shape index (κ1) is 7.27. The number of hydrazine groups is 1. The van der Waals surface area contributed by atoms with Gasteiger partial charge in [-0.3, -0.25) is 0 Å². The molecule has 0 spiro atoms. The van der Waals surface area contributed by atoms with Gasteiger partial charge in [-0.25, -0.2) is 14.2 Å². The van der Waals surface area contributed by atoms with Gasteiger partial charge in [0.1, 0.15) is 6.04 Å². The van der Waals surface area contributed by atoms with Gasteiger partial charge >= 0.3 is 0 Å². The van der Waals surface area contributed by atoms with Gasteiger partial charge in [-0.05, 0) is 0 Å². The van der Waals surface area contributed by atoms with Crippen LogP contribution in [0.1, 0.15) is 0 Å². The molecule has 0 aromatic rings. The van der Waals surface area contributed by atoms with Crippen LogP contribution in [0.5, 0.6) is 0 Å². The van der Waals surface area contributed by atoms with E-state index in [2.05, 4.69) is 16.2 Å². The van der Waals surface area contributed by atoms with Crippen molar-refractivity contribution in [2.75, 3.05) is 7.05 Å². The summed E-state index contributed by atoms with van der Waals surface area (Å²) in [4.78, 5) is 0. The van der Waals surface area contributed by atoms with Crippen molar-refractivity contribution in [3.63, 3.8) is 0 Å². The van der Waals surface area contributed by atoms with Crippen molar-refractivity contribution in [1.29, 1.82) is 0 Å².